The van der Waals surface area contributed by atoms with E-state index in [1.807, 2.05) is 0 Å². The molecule has 576 valence electrons. The van der Waals surface area contributed by atoms with Gasteiger partial charge in [-0.05, 0) is 73.8 Å². The van der Waals surface area contributed by atoms with E-state index < -0.39 is 200 Å². The van der Waals surface area contributed by atoms with Crippen molar-refractivity contribution in [2.75, 3.05) is 26.4 Å². The van der Waals surface area contributed by atoms with E-state index in [1.165, 1.54) is 43.0 Å². The van der Waals surface area contributed by atoms with Crippen LogP contribution in [0.4, 0.5) is 0 Å². The van der Waals surface area contributed by atoms with Gasteiger partial charge in [0.05, 0.1) is 51.1 Å². The zero-order valence-corrected chi connectivity index (χ0v) is 58.1. The molecule has 0 aliphatic carbocycles. The van der Waals surface area contributed by atoms with E-state index in [9.17, 15) is 108 Å². The summed E-state index contributed by atoms with van der Waals surface area (Å²) in [7, 11) is 0. The summed E-state index contributed by atoms with van der Waals surface area (Å²) in [5.41, 5.74) is 18.4. The second-order valence-electron chi connectivity index (χ2n) is 25.4. The first kappa shape index (κ1) is 86.0. The SMILES string of the molecule is CC(C)C[C@H](NC(=O)[C@H](CO)NC(=O)[C@H](CC(=O)O)NC(=O)[C@H](Cc1ccc(O)cc1)NC(=O)[C@@H](N)CC(=O)O)C(=O)N[C@@H](CO)C(=O)N[C@@H](Cc1c[nH]c2ccccc12)C(=O)N[C@@H](CCCN=C(N)N)C(=O)N[C@@H](CO)C(=O)N[C@H](C(=O)N[C@@H](CC(C)C)C(=O)N[C@@H](Cc1cnc[nH]1)C(=O)O)[C@@H](C)O. The second kappa shape index (κ2) is 42.3. The van der Waals surface area contributed by atoms with Crippen molar-refractivity contribution in [2.45, 2.75) is 171 Å². The number of nitrogens with one attached hydrogen (secondary N) is 13. The summed E-state index contributed by atoms with van der Waals surface area (Å²) >= 11 is 0. The number of aliphatic imine (C=N–C) groups is 1. The Labute approximate surface area is 600 Å². The fourth-order valence-corrected chi connectivity index (χ4v) is 10.4. The lowest BCUT2D eigenvalue weighted by Gasteiger charge is -2.28. The zero-order chi connectivity index (χ0) is 78.4. The number of hydrogen-bond donors (Lipinski definition) is 24. The molecule has 27 N–H and O–H groups in total. The largest absolute Gasteiger partial charge is 0.508 e. The first-order valence-corrected chi connectivity index (χ1v) is 33.2. The number of aliphatic carboxylic acids is 3. The third kappa shape index (κ3) is 28.8. The fourth-order valence-electron chi connectivity index (χ4n) is 10.4. The summed E-state index contributed by atoms with van der Waals surface area (Å²) in [6.07, 6.45) is -1.20. The van der Waals surface area contributed by atoms with Gasteiger partial charge in [-0.2, -0.15) is 0 Å². The number of nitrogens with two attached hydrogens (primary N) is 3. The van der Waals surface area contributed by atoms with Crippen LogP contribution >= 0.6 is 0 Å². The molecule has 0 fully saturated rings. The maximum atomic E-state index is 14.8. The van der Waals surface area contributed by atoms with Crippen molar-refractivity contribution in [1.82, 2.24) is 73.4 Å². The normalized spacial score (nSPS) is 14.9. The number of hydrogen-bond acceptors (Lipinski definition) is 22. The zero-order valence-electron chi connectivity index (χ0n) is 58.1. The Hall–Kier alpha value is -11.4. The van der Waals surface area contributed by atoms with Crippen molar-refractivity contribution in [1.29, 1.82) is 0 Å². The number of benzene rings is 2. The number of H-pyrrole nitrogens is 2. The number of aliphatic hydroxyl groups is 4. The molecule has 4 rings (SSSR count). The lowest BCUT2D eigenvalue weighted by atomic mass is 10.0. The van der Waals surface area contributed by atoms with Gasteiger partial charge in [-0.1, -0.05) is 58.0 Å². The third-order valence-corrected chi connectivity index (χ3v) is 15.8. The lowest BCUT2D eigenvalue weighted by Crippen LogP contribution is -2.62. The second-order valence-corrected chi connectivity index (χ2v) is 25.4. The molecular weight excluding hydrogens is 1380 g/mol. The van der Waals surface area contributed by atoms with Crippen LogP contribution in [0.1, 0.15) is 90.0 Å². The molecule has 0 aliphatic rings. The fraction of sp³-hybridized carbons (Fsp3) is 0.508. The minimum Gasteiger partial charge on any atom is -0.508 e. The Morgan fingerprint density at radius 1 is 0.495 bits per heavy atom. The van der Waals surface area contributed by atoms with Crippen LogP contribution < -0.4 is 75.7 Å². The van der Waals surface area contributed by atoms with E-state index >= 15 is 0 Å². The number of carboxylic acids is 3. The summed E-state index contributed by atoms with van der Waals surface area (Å²) in [6.45, 7) is 4.05. The molecule has 40 nitrogen and oxygen atoms in total. The number of phenols is 1. The van der Waals surface area contributed by atoms with Crippen LogP contribution in [0.15, 0.2) is 72.2 Å². The highest BCUT2D eigenvalue weighted by atomic mass is 16.4. The van der Waals surface area contributed by atoms with Gasteiger partial charge in [0.15, 0.2) is 5.96 Å². The van der Waals surface area contributed by atoms with Crippen molar-refractivity contribution in [3.05, 3.63) is 84.1 Å². The van der Waals surface area contributed by atoms with Gasteiger partial charge in [0.1, 0.15) is 72.2 Å². The monoisotopic (exact) mass is 1480 g/mol. The van der Waals surface area contributed by atoms with Crippen LogP contribution in [0.5, 0.6) is 5.75 Å². The van der Waals surface area contributed by atoms with Crippen LogP contribution in [0, 0.1) is 11.8 Å². The highest BCUT2D eigenvalue weighted by molar-refractivity contribution is 6.00. The Morgan fingerprint density at radius 2 is 0.933 bits per heavy atom. The van der Waals surface area contributed by atoms with Gasteiger partial charge < -0.3 is 127 Å². The summed E-state index contributed by atoms with van der Waals surface area (Å²) in [6, 6.07) is -9.16. The maximum Gasteiger partial charge on any atom is 0.326 e. The highest BCUT2D eigenvalue weighted by Gasteiger charge is 2.39. The van der Waals surface area contributed by atoms with Gasteiger partial charge in [0.2, 0.25) is 65.0 Å². The molecule has 2 aromatic heterocycles. The topological polar surface area (TPSA) is 668 Å². The summed E-state index contributed by atoms with van der Waals surface area (Å²) < 4.78 is 0. The summed E-state index contributed by atoms with van der Waals surface area (Å²) in [5.74, 6) is -18.8. The van der Waals surface area contributed by atoms with Crippen molar-refractivity contribution in [2.24, 2.45) is 34.0 Å². The molecule has 0 bridgehead atoms. The summed E-state index contributed by atoms with van der Waals surface area (Å²) in [4.78, 5) is 203. The molecule has 2 heterocycles. The number of aromatic nitrogens is 3. The van der Waals surface area contributed by atoms with Crippen LogP contribution in [0.3, 0.4) is 0 Å². The van der Waals surface area contributed by atoms with Crippen molar-refractivity contribution < 1.29 is 108 Å². The molecule has 11 amide bonds. The van der Waals surface area contributed by atoms with Crippen molar-refractivity contribution in [3.63, 3.8) is 0 Å². The van der Waals surface area contributed by atoms with Crippen LogP contribution in [0.2, 0.25) is 0 Å². The maximum absolute atomic E-state index is 14.8. The molecule has 40 heteroatoms. The number of carboxylic acid groups (broad SMARTS) is 3. The van der Waals surface area contributed by atoms with Gasteiger partial charge >= 0.3 is 17.9 Å². The van der Waals surface area contributed by atoms with Crippen LogP contribution in [0.25, 0.3) is 10.9 Å². The number of aromatic hydroxyl groups is 1. The Morgan fingerprint density at radius 3 is 1.43 bits per heavy atom. The Bertz CT molecular complexity index is 3680. The number of carbonyl (C=O) groups is 14. The average Bonchev–Trinajstić information content (AvgIpc) is 1.71. The molecule has 0 aliphatic heterocycles. The van der Waals surface area contributed by atoms with Gasteiger partial charge in [-0.15, -0.1) is 0 Å². The number of carbonyl (C=O) groups excluding carboxylic acids is 11. The third-order valence-electron chi connectivity index (χ3n) is 15.8. The molecule has 4 aromatic rings. The van der Waals surface area contributed by atoms with E-state index in [-0.39, 0.29) is 69.1 Å². The first-order chi connectivity index (χ1) is 49.5. The van der Waals surface area contributed by atoms with Gasteiger partial charge in [-0.25, -0.2) is 9.78 Å². The van der Waals surface area contributed by atoms with E-state index in [2.05, 4.69) is 78.4 Å². The number of aromatic amines is 2. The Balaban J connectivity index is 1.58. The molecular formula is C65H94N18O22. The standard InChI is InChI=1S/C65H94N18O22/c1-30(2)17-41(75-60(100)47(26-84)82-59(99)45(23-51(91)92)77-57(97)43(19-33-12-14-36(88)15-13-33)74-53(93)38(66)22-50(89)90)56(96)81-48(27-85)61(101)76-44(20-34-24-71-39-10-7-6-9-37(34)39)58(98)73-40(11-8-16-70-65(67)68)54(94)80-49(28-86)62(102)83-52(32(5)87)63(103)78-42(18-31(3)4)55(95)79-46(64(104)105)21-35-25-69-29-72-35/h6-7,9-10,12-15,24-25,29-32,38,40-49,52,71,84-88H,8,11,16-23,26-28,66H2,1-5H3,(H,69,72)(H,73,98)(H,74,93)(H,75,100)(H,76,101)(H,77,97)(H,78,103)(H,79,95)(H,80,94)(H,81,96)(H,82,99)(H,83,102)(H,89,90)(H,91,92)(H,104,105)(H4,67,68,70)/t32-,38+,40+,41+,42+,43+,44+,45+,46+,47+,48+,49+,52+/m1/s1. The lowest BCUT2D eigenvalue weighted by molar-refractivity contribution is -0.142. The van der Waals surface area contributed by atoms with Crippen molar-refractivity contribution in [3.8, 4) is 5.75 Å². The number of para-hydroxylation sites is 1. The van der Waals surface area contributed by atoms with Gasteiger partial charge in [0.25, 0.3) is 0 Å². The van der Waals surface area contributed by atoms with Crippen molar-refractivity contribution >= 4 is 99.7 Å². The number of nitrogens with zero attached hydrogens (tertiary/aromatic N) is 2. The van der Waals surface area contributed by atoms with E-state index in [1.54, 1.807) is 52.0 Å². The molecule has 0 saturated carbocycles. The number of imidazole rings is 1. The van der Waals surface area contributed by atoms with E-state index in [0.29, 0.717) is 27.7 Å². The molecule has 0 radical (unpaired) electrons. The highest BCUT2D eigenvalue weighted by Crippen LogP contribution is 2.20. The molecule has 105 heavy (non-hydrogen) atoms. The number of rotatable bonds is 45. The van der Waals surface area contributed by atoms with E-state index in [0.717, 1.165) is 6.92 Å². The number of guanidine groups is 1. The molecule has 0 spiro atoms. The number of amides is 11. The number of phenolic OH excluding ortho intramolecular Hbond substituents is 1. The van der Waals surface area contributed by atoms with Gasteiger partial charge in [0, 0.05) is 54.8 Å². The predicted octanol–water partition coefficient (Wildman–Crippen LogP) is -7.18. The summed E-state index contributed by atoms with van der Waals surface area (Å²) in [5, 5.41) is 107. The first-order valence-electron chi connectivity index (χ1n) is 33.2. The minimum absolute atomic E-state index is 0.0541. The van der Waals surface area contributed by atoms with Gasteiger partial charge in [-0.3, -0.25) is 67.3 Å². The molecule has 13 atom stereocenters. The number of aliphatic hydroxyl groups excluding tert-OH is 4. The smallest absolute Gasteiger partial charge is 0.326 e. The van der Waals surface area contributed by atoms with E-state index in [4.69, 9.17) is 17.2 Å². The molecule has 0 saturated heterocycles. The minimum atomic E-state index is -2.05. The molecule has 2 aromatic carbocycles. The predicted molar refractivity (Wildman–Crippen MR) is 369 cm³/mol. The molecule has 0 unspecified atom stereocenters. The van der Waals surface area contributed by atoms with Crippen LogP contribution in [-0.4, -0.2) is 250 Å². The quantitative estimate of drug-likeness (QED) is 0.0111. The average molecular weight is 1480 g/mol. The Kier molecular flexibility index (Phi) is 34.7. The number of fused-ring (bicyclic) bond motifs is 1. The van der Waals surface area contributed by atoms with Crippen LogP contribution in [-0.2, 0) is 86.4 Å².